The minimum Gasteiger partial charge on any atom is -0.361 e. The van der Waals surface area contributed by atoms with Crippen LogP contribution in [0.5, 0.6) is 0 Å². The van der Waals surface area contributed by atoms with Gasteiger partial charge < -0.3 is 9.84 Å². The Morgan fingerprint density at radius 1 is 1.35 bits per heavy atom. The second kappa shape index (κ2) is 6.22. The van der Waals surface area contributed by atoms with Gasteiger partial charge in [-0.2, -0.15) is 5.10 Å². The van der Waals surface area contributed by atoms with Gasteiger partial charge >= 0.3 is 0 Å². The van der Waals surface area contributed by atoms with Gasteiger partial charge in [0.15, 0.2) is 0 Å². The van der Waals surface area contributed by atoms with E-state index in [1.54, 1.807) is 0 Å². The second-order valence-electron chi connectivity index (χ2n) is 5.47. The van der Waals surface area contributed by atoms with Crippen molar-refractivity contribution in [2.75, 3.05) is 0 Å². The fraction of sp³-hybridized carbons (Fsp3) is 0.600. The smallest absolute Gasteiger partial charge is 0.138 e. The molecule has 0 aliphatic carbocycles. The van der Waals surface area contributed by atoms with Gasteiger partial charge in [0.25, 0.3) is 0 Å². The summed E-state index contributed by atoms with van der Waals surface area (Å²) in [5.41, 5.74) is 3.42. The van der Waals surface area contributed by atoms with E-state index in [0.717, 1.165) is 24.4 Å². The monoisotopic (exact) mass is 276 g/mol. The maximum Gasteiger partial charge on any atom is 0.138 e. The molecule has 2 aromatic rings. The van der Waals surface area contributed by atoms with Gasteiger partial charge in [-0.25, -0.2) is 0 Å². The largest absolute Gasteiger partial charge is 0.361 e. The Bertz CT molecular complexity index is 556. The Hall–Kier alpha value is -1.62. The summed E-state index contributed by atoms with van der Waals surface area (Å²) in [5.74, 6) is 0.902. The van der Waals surface area contributed by atoms with Crippen LogP contribution < -0.4 is 5.32 Å². The molecule has 110 valence electrons. The van der Waals surface area contributed by atoms with Gasteiger partial charge in [0.05, 0.1) is 11.9 Å². The molecule has 0 radical (unpaired) electrons. The maximum atomic E-state index is 5.25. The van der Waals surface area contributed by atoms with E-state index < -0.39 is 0 Å². The highest BCUT2D eigenvalue weighted by atomic mass is 16.5. The maximum absolute atomic E-state index is 5.25. The van der Waals surface area contributed by atoms with E-state index in [4.69, 9.17) is 4.52 Å². The van der Waals surface area contributed by atoms with Crippen LogP contribution in [0.4, 0.5) is 0 Å². The molecule has 1 unspecified atom stereocenters. The molecule has 0 fully saturated rings. The SMILES string of the molecule is CCc1noc(C)c1CNC(C)c1cnn(C(C)C)c1. The first-order chi connectivity index (χ1) is 9.52. The number of hydrogen-bond donors (Lipinski definition) is 1. The molecule has 1 atom stereocenters. The second-order valence-corrected chi connectivity index (χ2v) is 5.47. The molecule has 0 spiro atoms. The van der Waals surface area contributed by atoms with Crippen LogP contribution in [0.1, 0.15) is 62.4 Å². The van der Waals surface area contributed by atoms with E-state index in [9.17, 15) is 0 Å². The summed E-state index contributed by atoms with van der Waals surface area (Å²) >= 11 is 0. The van der Waals surface area contributed by atoms with Crippen molar-refractivity contribution >= 4 is 0 Å². The first-order valence-electron chi connectivity index (χ1n) is 7.24. The first-order valence-corrected chi connectivity index (χ1v) is 7.24. The molecule has 0 aliphatic heterocycles. The zero-order valence-corrected chi connectivity index (χ0v) is 13.0. The van der Waals surface area contributed by atoms with Gasteiger partial charge in [0.2, 0.25) is 0 Å². The molecular formula is C15H24N4O. The van der Waals surface area contributed by atoms with Crippen molar-refractivity contribution in [1.82, 2.24) is 20.3 Å². The highest BCUT2D eigenvalue weighted by Gasteiger charge is 2.14. The van der Waals surface area contributed by atoms with Crippen LogP contribution in [-0.4, -0.2) is 14.9 Å². The molecule has 5 heteroatoms. The third-order valence-electron chi connectivity index (χ3n) is 3.64. The number of rotatable bonds is 6. The summed E-state index contributed by atoms with van der Waals surface area (Å²) in [6.07, 6.45) is 4.93. The van der Waals surface area contributed by atoms with Crippen LogP contribution in [0.25, 0.3) is 0 Å². The van der Waals surface area contributed by atoms with Gasteiger partial charge in [0.1, 0.15) is 5.76 Å². The molecule has 0 bridgehead atoms. The molecule has 0 saturated carbocycles. The summed E-state index contributed by atoms with van der Waals surface area (Å²) in [7, 11) is 0. The highest BCUT2D eigenvalue weighted by molar-refractivity contribution is 5.22. The number of nitrogens with zero attached hydrogens (tertiary/aromatic N) is 3. The van der Waals surface area contributed by atoms with Crippen molar-refractivity contribution in [1.29, 1.82) is 0 Å². The summed E-state index contributed by atoms with van der Waals surface area (Å²) < 4.78 is 7.24. The van der Waals surface area contributed by atoms with Crippen LogP contribution in [0.15, 0.2) is 16.9 Å². The Kier molecular flexibility index (Phi) is 4.60. The van der Waals surface area contributed by atoms with Crippen molar-refractivity contribution in [3.05, 3.63) is 35.0 Å². The predicted octanol–water partition coefficient (Wildman–Crippen LogP) is 3.17. The van der Waals surface area contributed by atoms with Gasteiger partial charge in [-0.1, -0.05) is 12.1 Å². The van der Waals surface area contributed by atoms with Crippen molar-refractivity contribution < 1.29 is 4.52 Å². The van der Waals surface area contributed by atoms with Crippen LogP contribution in [0, 0.1) is 6.92 Å². The normalized spacial score (nSPS) is 13.1. The van der Waals surface area contributed by atoms with E-state index in [-0.39, 0.29) is 6.04 Å². The van der Waals surface area contributed by atoms with E-state index in [1.807, 2.05) is 17.8 Å². The quantitative estimate of drug-likeness (QED) is 0.880. The molecule has 0 aromatic carbocycles. The molecule has 5 nitrogen and oxygen atoms in total. The number of aryl methyl sites for hydroxylation is 2. The molecule has 1 N–H and O–H groups in total. The number of nitrogens with one attached hydrogen (secondary N) is 1. The zero-order valence-electron chi connectivity index (χ0n) is 13.0. The fourth-order valence-corrected chi connectivity index (χ4v) is 2.17. The predicted molar refractivity (Wildman–Crippen MR) is 78.5 cm³/mol. The Balaban J connectivity index is 2.00. The van der Waals surface area contributed by atoms with E-state index in [2.05, 4.69) is 49.5 Å². The van der Waals surface area contributed by atoms with E-state index >= 15 is 0 Å². The molecule has 0 amide bonds. The average molecular weight is 276 g/mol. The lowest BCUT2D eigenvalue weighted by Crippen LogP contribution is -2.18. The standard InChI is InChI=1S/C15H24N4O/c1-6-15-14(12(5)20-18-15)8-16-11(4)13-7-17-19(9-13)10(2)3/h7,9-11,16H,6,8H2,1-5H3. The van der Waals surface area contributed by atoms with E-state index in [1.165, 1.54) is 11.1 Å². The Morgan fingerprint density at radius 2 is 2.10 bits per heavy atom. The fourth-order valence-electron chi connectivity index (χ4n) is 2.17. The molecule has 0 saturated heterocycles. The lowest BCUT2D eigenvalue weighted by atomic mass is 10.1. The minimum atomic E-state index is 0.251. The summed E-state index contributed by atoms with van der Waals surface area (Å²) in [4.78, 5) is 0. The van der Waals surface area contributed by atoms with Crippen LogP contribution >= 0.6 is 0 Å². The van der Waals surface area contributed by atoms with Crippen LogP contribution in [0.2, 0.25) is 0 Å². The van der Waals surface area contributed by atoms with Crippen molar-refractivity contribution in [2.45, 2.75) is 59.7 Å². The summed E-state index contributed by atoms with van der Waals surface area (Å²) in [6, 6.07) is 0.643. The highest BCUT2D eigenvalue weighted by Crippen LogP contribution is 2.17. The molecule has 0 aliphatic rings. The van der Waals surface area contributed by atoms with Crippen LogP contribution in [-0.2, 0) is 13.0 Å². The molecular weight excluding hydrogens is 252 g/mol. The van der Waals surface area contributed by atoms with Crippen LogP contribution in [0.3, 0.4) is 0 Å². The number of hydrogen-bond acceptors (Lipinski definition) is 4. The third kappa shape index (κ3) is 3.10. The zero-order chi connectivity index (χ0) is 14.7. The van der Waals surface area contributed by atoms with Crippen molar-refractivity contribution in [3.63, 3.8) is 0 Å². The average Bonchev–Trinajstić information content (AvgIpc) is 3.03. The summed E-state index contributed by atoms with van der Waals surface area (Å²) in [5, 5.41) is 12.0. The first kappa shape index (κ1) is 14.8. The minimum absolute atomic E-state index is 0.251. The lowest BCUT2D eigenvalue weighted by molar-refractivity contribution is 0.389. The molecule has 20 heavy (non-hydrogen) atoms. The van der Waals surface area contributed by atoms with E-state index in [0.29, 0.717) is 6.04 Å². The lowest BCUT2D eigenvalue weighted by Gasteiger charge is -2.12. The van der Waals surface area contributed by atoms with Gasteiger partial charge in [0, 0.05) is 36.0 Å². The van der Waals surface area contributed by atoms with Gasteiger partial charge in [-0.15, -0.1) is 0 Å². The van der Waals surface area contributed by atoms with Crippen molar-refractivity contribution in [2.24, 2.45) is 0 Å². The Labute approximate surface area is 120 Å². The molecule has 2 aromatic heterocycles. The van der Waals surface area contributed by atoms with Gasteiger partial charge in [-0.3, -0.25) is 4.68 Å². The Morgan fingerprint density at radius 3 is 2.70 bits per heavy atom. The molecule has 2 heterocycles. The topological polar surface area (TPSA) is 55.9 Å². The third-order valence-corrected chi connectivity index (χ3v) is 3.64. The van der Waals surface area contributed by atoms with Crippen molar-refractivity contribution in [3.8, 4) is 0 Å². The number of aromatic nitrogens is 3. The molecule has 2 rings (SSSR count). The van der Waals surface area contributed by atoms with Gasteiger partial charge in [-0.05, 0) is 34.1 Å². The summed E-state index contributed by atoms with van der Waals surface area (Å²) in [6.45, 7) is 11.2.